The van der Waals surface area contributed by atoms with Crippen molar-refractivity contribution in [2.24, 2.45) is 22.2 Å². The number of aromatic nitrogens is 2. The van der Waals surface area contributed by atoms with E-state index in [-0.39, 0.29) is 38.2 Å². The summed E-state index contributed by atoms with van der Waals surface area (Å²) < 4.78 is 0. The van der Waals surface area contributed by atoms with E-state index in [9.17, 15) is 34.2 Å². The number of nitrogens with two attached hydrogens (primary N) is 3. The number of aliphatic carboxylic acids is 2. The van der Waals surface area contributed by atoms with Crippen LogP contribution in [0.3, 0.4) is 0 Å². The molecule has 0 fully saturated rings. The van der Waals surface area contributed by atoms with E-state index in [1.165, 1.54) is 12.5 Å². The summed E-state index contributed by atoms with van der Waals surface area (Å²) in [6.45, 7) is 0.126. The number of rotatable bonds is 17. The molecule has 3 amide bonds. The molecule has 41 heavy (non-hydrogen) atoms. The van der Waals surface area contributed by atoms with E-state index >= 15 is 0 Å². The fourth-order valence-corrected chi connectivity index (χ4v) is 3.76. The first-order chi connectivity index (χ1) is 19.5. The second kappa shape index (κ2) is 16.2. The average molecular weight is 574 g/mol. The maximum Gasteiger partial charge on any atom is 0.326 e. The number of imidazole rings is 1. The first-order valence-electron chi connectivity index (χ1n) is 12.6. The molecule has 0 radical (unpaired) electrons. The Balaban J connectivity index is 2.15. The standard InChI is InChI=1S/C25H35N9O7/c26-16(10-15-12-29-13-31-15)21(37)32-17(7-4-8-30-25(27)28)22(38)33-18(11-20(35)36)23(39)34-19(24(40)41)9-14-5-2-1-3-6-14/h1-3,5-6,12-13,16-19H,4,7-11,26H2,(H,29,31)(H,32,37)(H,33,38)(H,34,39)(H,35,36)(H,40,41)(H4,27,28,30). The molecule has 1 heterocycles. The lowest BCUT2D eigenvalue weighted by Gasteiger charge is -2.24. The molecule has 16 nitrogen and oxygen atoms in total. The minimum absolute atomic E-state index is 0.0122. The first kappa shape index (κ1) is 32.2. The van der Waals surface area contributed by atoms with Crippen LogP contribution >= 0.6 is 0 Å². The van der Waals surface area contributed by atoms with Crippen LogP contribution in [-0.2, 0) is 36.8 Å². The predicted molar refractivity (Wildman–Crippen MR) is 146 cm³/mol. The van der Waals surface area contributed by atoms with Gasteiger partial charge in [-0.3, -0.25) is 24.2 Å². The Morgan fingerprint density at radius 1 is 0.902 bits per heavy atom. The second-order valence-corrected chi connectivity index (χ2v) is 9.15. The highest BCUT2D eigenvalue weighted by Crippen LogP contribution is 2.07. The van der Waals surface area contributed by atoms with E-state index in [0.717, 1.165) is 0 Å². The second-order valence-electron chi connectivity index (χ2n) is 9.15. The van der Waals surface area contributed by atoms with Gasteiger partial charge in [0.1, 0.15) is 18.1 Å². The van der Waals surface area contributed by atoms with Crippen LogP contribution in [0.25, 0.3) is 0 Å². The third-order valence-electron chi connectivity index (χ3n) is 5.82. The molecule has 0 saturated carbocycles. The number of carbonyl (C=O) groups excluding carboxylic acids is 3. The zero-order chi connectivity index (χ0) is 30.4. The maximum atomic E-state index is 13.2. The Morgan fingerprint density at radius 3 is 2.12 bits per heavy atom. The number of aliphatic imine (C=N–C) groups is 1. The van der Waals surface area contributed by atoms with E-state index < -0.39 is 60.2 Å². The van der Waals surface area contributed by atoms with Crippen molar-refractivity contribution in [2.75, 3.05) is 6.54 Å². The van der Waals surface area contributed by atoms with Crippen LogP contribution in [0.5, 0.6) is 0 Å². The molecule has 0 bridgehead atoms. The molecule has 2 aromatic rings. The number of hydrogen-bond donors (Lipinski definition) is 9. The molecule has 0 spiro atoms. The maximum absolute atomic E-state index is 13.2. The molecule has 0 saturated heterocycles. The predicted octanol–water partition coefficient (Wildman–Crippen LogP) is -2.41. The molecular weight excluding hydrogens is 538 g/mol. The Labute approximate surface area is 235 Å². The van der Waals surface area contributed by atoms with Gasteiger partial charge in [0, 0.05) is 31.3 Å². The van der Waals surface area contributed by atoms with Crippen molar-refractivity contribution in [3.63, 3.8) is 0 Å². The molecule has 4 unspecified atom stereocenters. The number of H-pyrrole nitrogens is 1. The van der Waals surface area contributed by atoms with Gasteiger partial charge in [0.05, 0.1) is 18.8 Å². The number of carboxylic acids is 2. The number of amides is 3. The zero-order valence-electron chi connectivity index (χ0n) is 22.2. The van der Waals surface area contributed by atoms with Gasteiger partial charge in [0.15, 0.2) is 5.96 Å². The van der Waals surface area contributed by atoms with Crippen LogP contribution in [-0.4, -0.2) is 86.5 Å². The quantitative estimate of drug-likeness (QED) is 0.0545. The SMILES string of the molecule is NC(N)=NCCCC(NC(=O)C(N)Cc1cnc[nH]1)C(=O)NC(CC(=O)O)C(=O)NC(Cc1ccccc1)C(=O)O. The number of nitrogens with one attached hydrogen (secondary N) is 4. The normalized spacial score (nSPS) is 13.6. The largest absolute Gasteiger partial charge is 0.481 e. The molecular formula is C25H35N9O7. The van der Waals surface area contributed by atoms with Gasteiger partial charge < -0.3 is 48.3 Å². The molecule has 16 heteroatoms. The molecule has 222 valence electrons. The van der Waals surface area contributed by atoms with Gasteiger partial charge in [0.25, 0.3) is 0 Å². The summed E-state index contributed by atoms with van der Waals surface area (Å²) in [5.41, 5.74) is 17.8. The summed E-state index contributed by atoms with van der Waals surface area (Å²) in [5.74, 6) is -5.53. The third-order valence-corrected chi connectivity index (χ3v) is 5.82. The summed E-state index contributed by atoms with van der Waals surface area (Å²) in [6.07, 6.45) is 2.33. The number of nitrogens with zero attached hydrogens (tertiary/aromatic N) is 2. The number of guanidine groups is 1. The van der Waals surface area contributed by atoms with Crippen molar-refractivity contribution in [1.29, 1.82) is 0 Å². The Hall–Kier alpha value is -4.99. The van der Waals surface area contributed by atoms with Gasteiger partial charge >= 0.3 is 11.9 Å². The van der Waals surface area contributed by atoms with Crippen LogP contribution in [0.4, 0.5) is 0 Å². The van der Waals surface area contributed by atoms with Crippen molar-refractivity contribution in [2.45, 2.75) is 56.3 Å². The lowest BCUT2D eigenvalue weighted by molar-refractivity contribution is -0.143. The minimum atomic E-state index is -1.65. The topological polar surface area (TPSA) is 281 Å². The fourth-order valence-electron chi connectivity index (χ4n) is 3.76. The van der Waals surface area contributed by atoms with Crippen molar-refractivity contribution < 1.29 is 34.2 Å². The van der Waals surface area contributed by atoms with Crippen LogP contribution in [0, 0.1) is 0 Å². The minimum Gasteiger partial charge on any atom is -0.481 e. The summed E-state index contributed by atoms with van der Waals surface area (Å²) >= 11 is 0. The van der Waals surface area contributed by atoms with Gasteiger partial charge in [-0.05, 0) is 18.4 Å². The highest BCUT2D eigenvalue weighted by Gasteiger charge is 2.31. The molecule has 1 aromatic heterocycles. The van der Waals surface area contributed by atoms with E-state index in [2.05, 4.69) is 30.9 Å². The smallest absolute Gasteiger partial charge is 0.326 e. The zero-order valence-corrected chi connectivity index (χ0v) is 22.2. The molecule has 12 N–H and O–H groups in total. The summed E-state index contributed by atoms with van der Waals surface area (Å²) in [6, 6.07) is 3.15. The molecule has 0 aliphatic carbocycles. The molecule has 0 aliphatic heterocycles. The van der Waals surface area contributed by atoms with Crippen LogP contribution in [0.2, 0.25) is 0 Å². The first-order valence-corrected chi connectivity index (χ1v) is 12.6. The Kier molecular flexibility index (Phi) is 12.7. The van der Waals surface area contributed by atoms with Crippen LogP contribution in [0.15, 0.2) is 47.8 Å². The lowest BCUT2D eigenvalue weighted by atomic mass is 10.0. The highest BCUT2D eigenvalue weighted by molar-refractivity contribution is 5.95. The van der Waals surface area contributed by atoms with E-state index in [4.69, 9.17) is 17.2 Å². The molecule has 4 atom stereocenters. The van der Waals surface area contributed by atoms with Gasteiger partial charge in [-0.25, -0.2) is 9.78 Å². The Morgan fingerprint density at radius 2 is 1.54 bits per heavy atom. The molecule has 0 aliphatic rings. The van der Waals surface area contributed by atoms with Crippen molar-refractivity contribution in [3.05, 3.63) is 54.1 Å². The summed E-state index contributed by atoms with van der Waals surface area (Å²) in [7, 11) is 0. The Bertz CT molecular complexity index is 1200. The van der Waals surface area contributed by atoms with Gasteiger partial charge in [0.2, 0.25) is 17.7 Å². The summed E-state index contributed by atoms with van der Waals surface area (Å²) in [5, 5.41) is 26.1. The van der Waals surface area contributed by atoms with E-state index in [1.54, 1.807) is 30.3 Å². The fraction of sp³-hybridized carbons (Fsp3) is 0.400. The van der Waals surface area contributed by atoms with E-state index in [1.807, 2.05) is 0 Å². The molecule has 1 aromatic carbocycles. The van der Waals surface area contributed by atoms with Gasteiger partial charge in [-0.15, -0.1) is 0 Å². The average Bonchev–Trinajstić information content (AvgIpc) is 3.42. The monoisotopic (exact) mass is 573 g/mol. The number of aromatic amines is 1. The van der Waals surface area contributed by atoms with Crippen LogP contribution < -0.4 is 33.2 Å². The van der Waals surface area contributed by atoms with Crippen LogP contribution in [0.1, 0.15) is 30.5 Å². The third kappa shape index (κ3) is 11.7. The molecule has 2 rings (SSSR count). The number of carboxylic acid groups (broad SMARTS) is 2. The summed E-state index contributed by atoms with van der Waals surface area (Å²) in [4.78, 5) is 72.7. The van der Waals surface area contributed by atoms with Crippen molar-refractivity contribution in [1.82, 2.24) is 25.9 Å². The lowest BCUT2D eigenvalue weighted by Crippen LogP contribution is -2.57. The number of benzene rings is 1. The van der Waals surface area contributed by atoms with Crippen molar-refractivity contribution in [3.8, 4) is 0 Å². The van der Waals surface area contributed by atoms with E-state index in [0.29, 0.717) is 11.3 Å². The van der Waals surface area contributed by atoms with Crippen molar-refractivity contribution >= 4 is 35.6 Å². The van der Waals surface area contributed by atoms with Gasteiger partial charge in [-0.1, -0.05) is 30.3 Å². The number of carbonyl (C=O) groups is 5. The highest BCUT2D eigenvalue weighted by atomic mass is 16.4. The number of hydrogen-bond acceptors (Lipinski definition) is 8. The van der Waals surface area contributed by atoms with Gasteiger partial charge in [-0.2, -0.15) is 0 Å².